The van der Waals surface area contributed by atoms with Crippen LogP contribution in [0, 0.1) is 5.92 Å². The SMILES string of the molecule is CC(NCCOc1ccc(Cl)cc1Br)C1CC1. The van der Waals surface area contributed by atoms with Gasteiger partial charge in [0.25, 0.3) is 0 Å². The molecule has 1 saturated carbocycles. The van der Waals surface area contributed by atoms with Crippen LogP contribution in [0.5, 0.6) is 5.75 Å². The van der Waals surface area contributed by atoms with E-state index in [0.29, 0.717) is 17.7 Å². The van der Waals surface area contributed by atoms with E-state index in [2.05, 4.69) is 28.2 Å². The molecule has 17 heavy (non-hydrogen) atoms. The quantitative estimate of drug-likeness (QED) is 0.804. The van der Waals surface area contributed by atoms with Crippen LogP contribution in [-0.2, 0) is 0 Å². The molecule has 0 amide bonds. The van der Waals surface area contributed by atoms with Gasteiger partial charge in [0, 0.05) is 17.6 Å². The van der Waals surface area contributed by atoms with Gasteiger partial charge in [0.1, 0.15) is 12.4 Å². The largest absolute Gasteiger partial charge is 0.491 e. The zero-order chi connectivity index (χ0) is 12.3. The molecular weight excluding hydrogens is 302 g/mol. The fourth-order valence-corrected chi connectivity index (χ4v) is 2.60. The van der Waals surface area contributed by atoms with Crippen LogP contribution in [0.25, 0.3) is 0 Å². The number of halogens is 2. The second-order valence-electron chi connectivity index (χ2n) is 4.50. The van der Waals surface area contributed by atoms with Crippen molar-refractivity contribution in [2.24, 2.45) is 5.92 Å². The van der Waals surface area contributed by atoms with E-state index in [1.807, 2.05) is 18.2 Å². The van der Waals surface area contributed by atoms with E-state index in [0.717, 1.165) is 22.7 Å². The van der Waals surface area contributed by atoms with Crippen molar-refractivity contribution in [2.45, 2.75) is 25.8 Å². The van der Waals surface area contributed by atoms with Crippen LogP contribution in [0.2, 0.25) is 5.02 Å². The third-order valence-corrected chi connectivity index (χ3v) is 3.90. The second-order valence-corrected chi connectivity index (χ2v) is 5.79. The average molecular weight is 319 g/mol. The van der Waals surface area contributed by atoms with Crippen molar-refractivity contribution in [1.82, 2.24) is 5.32 Å². The molecule has 0 bridgehead atoms. The molecule has 1 fully saturated rings. The van der Waals surface area contributed by atoms with Gasteiger partial charge in [-0.05, 0) is 59.8 Å². The Kier molecular flexibility index (Phi) is 4.71. The molecule has 0 radical (unpaired) electrons. The first-order valence-corrected chi connectivity index (χ1v) is 7.15. The molecule has 0 spiro atoms. The van der Waals surface area contributed by atoms with Gasteiger partial charge in [-0.2, -0.15) is 0 Å². The van der Waals surface area contributed by atoms with Gasteiger partial charge >= 0.3 is 0 Å². The number of rotatable bonds is 6. The van der Waals surface area contributed by atoms with Crippen molar-refractivity contribution < 1.29 is 4.74 Å². The summed E-state index contributed by atoms with van der Waals surface area (Å²) < 4.78 is 6.58. The molecule has 1 N–H and O–H groups in total. The van der Waals surface area contributed by atoms with Crippen LogP contribution in [-0.4, -0.2) is 19.2 Å². The van der Waals surface area contributed by atoms with E-state index >= 15 is 0 Å². The van der Waals surface area contributed by atoms with Crippen LogP contribution in [0.1, 0.15) is 19.8 Å². The summed E-state index contributed by atoms with van der Waals surface area (Å²) in [6, 6.07) is 6.18. The molecule has 94 valence electrons. The standard InChI is InChI=1S/C13H17BrClNO/c1-9(10-2-3-10)16-6-7-17-13-5-4-11(15)8-12(13)14/h4-5,8-10,16H,2-3,6-7H2,1H3. The van der Waals surface area contributed by atoms with Gasteiger partial charge in [0.05, 0.1) is 4.47 Å². The molecule has 0 aliphatic heterocycles. The number of nitrogens with one attached hydrogen (secondary N) is 1. The summed E-state index contributed by atoms with van der Waals surface area (Å²) in [5.41, 5.74) is 0. The highest BCUT2D eigenvalue weighted by atomic mass is 79.9. The summed E-state index contributed by atoms with van der Waals surface area (Å²) in [6.45, 7) is 3.81. The molecule has 1 aliphatic carbocycles. The zero-order valence-electron chi connectivity index (χ0n) is 9.88. The van der Waals surface area contributed by atoms with E-state index in [1.165, 1.54) is 12.8 Å². The molecule has 1 aromatic carbocycles. The lowest BCUT2D eigenvalue weighted by Crippen LogP contribution is -2.31. The monoisotopic (exact) mass is 317 g/mol. The lowest BCUT2D eigenvalue weighted by atomic mass is 10.2. The summed E-state index contributed by atoms with van der Waals surface area (Å²) in [7, 11) is 0. The third kappa shape index (κ3) is 4.16. The lowest BCUT2D eigenvalue weighted by Gasteiger charge is -2.13. The van der Waals surface area contributed by atoms with Gasteiger partial charge < -0.3 is 10.1 Å². The Labute approximate surface area is 116 Å². The maximum absolute atomic E-state index is 5.86. The maximum atomic E-state index is 5.86. The van der Waals surface area contributed by atoms with Gasteiger partial charge in [-0.15, -0.1) is 0 Å². The van der Waals surface area contributed by atoms with E-state index in [-0.39, 0.29) is 0 Å². The smallest absolute Gasteiger partial charge is 0.133 e. The van der Waals surface area contributed by atoms with E-state index in [1.54, 1.807) is 0 Å². The number of ether oxygens (including phenoxy) is 1. The van der Waals surface area contributed by atoms with Gasteiger partial charge in [-0.3, -0.25) is 0 Å². The maximum Gasteiger partial charge on any atom is 0.133 e. The Morgan fingerprint density at radius 3 is 2.94 bits per heavy atom. The zero-order valence-corrected chi connectivity index (χ0v) is 12.2. The molecular formula is C13H17BrClNO. The van der Waals surface area contributed by atoms with Crippen molar-refractivity contribution >= 4 is 27.5 Å². The summed E-state index contributed by atoms with van der Waals surface area (Å²) in [4.78, 5) is 0. The Bertz CT molecular complexity index is 382. The molecule has 1 unspecified atom stereocenters. The van der Waals surface area contributed by atoms with Gasteiger partial charge in [-0.25, -0.2) is 0 Å². The molecule has 4 heteroatoms. The summed E-state index contributed by atoms with van der Waals surface area (Å²) in [5, 5.41) is 4.19. The van der Waals surface area contributed by atoms with Crippen molar-refractivity contribution in [3.8, 4) is 5.75 Å². The summed E-state index contributed by atoms with van der Waals surface area (Å²) >= 11 is 9.30. The fraction of sp³-hybridized carbons (Fsp3) is 0.538. The minimum atomic E-state index is 0.618. The highest BCUT2D eigenvalue weighted by Gasteiger charge is 2.27. The molecule has 0 aromatic heterocycles. The Balaban J connectivity index is 1.70. The molecule has 2 rings (SSSR count). The second kappa shape index (κ2) is 6.07. The first kappa shape index (κ1) is 13.2. The molecule has 1 aromatic rings. The van der Waals surface area contributed by atoms with Crippen molar-refractivity contribution in [3.63, 3.8) is 0 Å². The molecule has 1 atom stereocenters. The highest BCUT2D eigenvalue weighted by molar-refractivity contribution is 9.10. The first-order valence-electron chi connectivity index (χ1n) is 5.98. The van der Waals surface area contributed by atoms with Gasteiger partial charge in [0.2, 0.25) is 0 Å². The third-order valence-electron chi connectivity index (χ3n) is 3.05. The van der Waals surface area contributed by atoms with Gasteiger partial charge in [0.15, 0.2) is 0 Å². The van der Waals surface area contributed by atoms with Crippen LogP contribution in [0.3, 0.4) is 0 Å². The minimum absolute atomic E-state index is 0.618. The lowest BCUT2D eigenvalue weighted by molar-refractivity contribution is 0.301. The van der Waals surface area contributed by atoms with Crippen LogP contribution < -0.4 is 10.1 Å². The van der Waals surface area contributed by atoms with Gasteiger partial charge in [-0.1, -0.05) is 11.6 Å². The van der Waals surface area contributed by atoms with Crippen LogP contribution in [0.4, 0.5) is 0 Å². The topological polar surface area (TPSA) is 21.3 Å². The molecule has 0 heterocycles. The fourth-order valence-electron chi connectivity index (χ4n) is 1.80. The summed E-state index contributed by atoms with van der Waals surface area (Å²) in [5.74, 6) is 1.73. The minimum Gasteiger partial charge on any atom is -0.491 e. The number of hydrogen-bond donors (Lipinski definition) is 1. The van der Waals surface area contributed by atoms with Crippen molar-refractivity contribution in [1.29, 1.82) is 0 Å². The van der Waals surface area contributed by atoms with E-state index < -0.39 is 0 Å². The molecule has 2 nitrogen and oxygen atoms in total. The van der Waals surface area contributed by atoms with E-state index in [9.17, 15) is 0 Å². The highest BCUT2D eigenvalue weighted by Crippen LogP contribution is 2.32. The number of hydrogen-bond acceptors (Lipinski definition) is 2. The number of benzene rings is 1. The molecule has 0 saturated heterocycles. The van der Waals surface area contributed by atoms with E-state index in [4.69, 9.17) is 16.3 Å². The van der Waals surface area contributed by atoms with Crippen LogP contribution in [0.15, 0.2) is 22.7 Å². The first-order chi connectivity index (χ1) is 8.16. The summed E-state index contributed by atoms with van der Waals surface area (Å²) in [6.07, 6.45) is 2.75. The predicted molar refractivity (Wildman–Crippen MR) is 74.8 cm³/mol. The van der Waals surface area contributed by atoms with Crippen molar-refractivity contribution in [3.05, 3.63) is 27.7 Å². The Hall–Kier alpha value is -0.250. The normalized spacial score (nSPS) is 16.9. The predicted octanol–water partition coefficient (Wildman–Crippen LogP) is 3.87. The molecule has 1 aliphatic rings. The Morgan fingerprint density at radius 1 is 1.53 bits per heavy atom. The Morgan fingerprint density at radius 2 is 2.29 bits per heavy atom. The van der Waals surface area contributed by atoms with Crippen LogP contribution >= 0.6 is 27.5 Å². The van der Waals surface area contributed by atoms with Crippen molar-refractivity contribution in [2.75, 3.05) is 13.2 Å². The average Bonchev–Trinajstić information content (AvgIpc) is 3.10.